The molecule has 19 heavy (non-hydrogen) atoms. The van der Waals surface area contributed by atoms with Crippen molar-refractivity contribution in [1.82, 2.24) is 0 Å². The van der Waals surface area contributed by atoms with Gasteiger partial charge in [0.1, 0.15) is 0 Å². The van der Waals surface area contributed by atoms with Crippen molar-refractivity contribution in [3.8, 4) is 0 Å². The van der Waals surface area contributed by atoms with Crippen molar-refractivity contribution in [3.05, 3.63) is 71.2 Å². The first-order valence-electron chi connectivity index (χ1n) is 5.98. The van der Waals surface area contributed by atoms with Gasteiger partial charge in [-0.2, -0.15) is 0 Å². The monoisotopic (exact) mass is 310 g/mol. The number of hydrogen-bond donors (Lipinski definition) is 0. The van der Waals surface area contributed by atoms with Crippen molar-refractivity contribution < 1.29 is 0 Å². The second kappa shape index (κ2) is 5.33. The van der Waals surface area contributed by atoms with Crippen LogP contribution in [0, 0.1) is 0 Å². The molecule has 3 aromatic rings. The van der Waals surface area contributed by atoms with Crippen LogP contribution in [0.2, 0.25) is 0 Å². The van der Waals surface area contributed by atoms with Crippen LogP contribution in [-0.2, 0) is 0 Å². The van der Waals surface area contributed by atoms with Gasteiger partial charge in [0.15, 0.2) is 0 Å². The molecular formula is C16H11BrN2. The Balaban J connectivity index is 2.04. The summed E-state index contributed by atoms with van der Waals surface area (Å²) in [6.45, 7) is 0. The Morgan fingerprint density at radius 3 is 2.16 bits per heavy atom. The molecule has 0 aromatic heterocycles. The lowest BCUT2D eigenvalue weighted by Crippen LogP contribution is -1.72. The van der Waals surface area contributed by atoms with Crippen LogP contribution in [-0.4, -0.2) is 0 Å². The van der Waals surface area contributed by atoms with Gasteiger partial charge in [-0.3, -0.25) is 0 Å². The largest absolute Gasteiger partial charge is 0.150 e. The normalized spacial score (nSPS) is 11.2. The third-order valence-corrected chi connectivity index (χ3v) is 3.56. The summed E-state index contributed by atoms with van der Waals surface area (Å²) in [5.74, 6) is 0. The molecular weight excluding hydrogens is 300 g/mol. The summed E-state index contributed by atoms with van der Waals surface area (Å²) in [4.78, 5) is 0. The van der Waals surface area contributed by atoms with Gasteiger partial charge in [0.2, 0.25) is 0 Å². The van der Waals surface area contributed by atoms with E-state index in [1.165, 1.54) is 5.39 Å². The molecule has 2 nitrogen and oxygen atoms in total. The maximum atomic E-state index is 4.36. The van der Waals surface area contributed by atoms with Gasteiger partial charge >= 0.3 is 0 Å². The molecule has 0 unspecified atom stereocenters. The van der Waals surface area contributed by atoms with Gasteiger partial charge in [0.05, 0.1) is 11.4 Å². The van der Waals surface area contributed by atoms with Crippen LogP contribution < -0.4 is 0 Å². The van der Waals surface area contributed by atoms with Gasteiger partial charge in [0, 0.05) is 9.86 Å². The fraction of sp³-hybridized carbons (Fsp3) is 0. The summed E-state index contributed by atoms with van der Waals surface area (Å²) in [6, 6.07) is 22.0. The summed E-state index contributed by atoms with van der Waals surface area (Å²) in [6.07, 6.45) is 0. The quantitative estimate of drug-likeness (QED) is 0.517. The van der Waals surface area contributed by atoms with Crippen LogP contribution in [0.25, 0.3) is 10.8 Å². The number of hydrogen-bond acceptors (Lipinski definition) is 2. The number of fused-ring (bicyclic) bond motifs is 1. The first-order valence-corrected chi connectivity index (χ1v) is 6.78. The number of halogens is 1. The van der Waals surface area contributed by atoms with Crippen LogP contribution >= 0.6 is 15.9 Å². The minimum Gasteiger partial charge on any atom is -0.150 e. The zero-order valence-electron chi connectivity index (χ0n) is 10.1. The molecule has 0 bridgehead atoms. The fourth-order valence-electron chi connectivity index (χ4n) is 1.94. The predicted molar refractivity (Wildman–Crippen MR) is 82.3 cm³/mol. The van der Waals surface area contributed by atoms with E-state index in [-0.39, 0.29) is 0 Å². The van der Waals surface area contributed by atoms with Crippen molar-refractivity contribution in [3.63, 3.8) is 0 Å². The molecule has 3 aromatic carbocycles. The van der Waals surface area contributed by atoms with E-state index in [2.05, 4.69) is 44.4 Å². The first kappa shape index (κ1) is 12.1. The lowest BCUT2D eigenvalue weighted by Gasteiger charge is -2.00. The van der Waals surface area contributed by atoms with E-state index < -0.39 is 0 Å². The van der Waals surface area contributed by atoms with Gasteiger partial charge in [-0.25, -0.2) is 0 Å². The molecule has 0 saturated heterocycles. The topological polar surface area (TPSA) is 24.7 Å². The van der Waals surface area contributed by atoms with E-state index in [1.54, 1.807) is 0 Å². The van der Waals surface area contributed by atoms with Gasteiger partial charge in [-0.05, 0) is 39.5 Å². The van der Waals surface area contributed by atoms with Crippen LogP contribution in [0.5, 0.6) is 0 Å². The van der Waals surface area contributed by atoms with Crippen LogP contribution in [0.3, 0.4) is 0 Å². The molecule has 0 heterocycles. The number of azo groups is 1. The maximum Gasteiger partial charge on any atom is 0.0998 e. The van der Waals surface area contributed by atoms with E-state index in [0.717, 1.165) is 21.2 Å². The van der Waals surface area contributed by atoms with Crippen molar-refractivity contribution >= 4 is 38.1 Å². The highest BCUT2D eigenvalue weighted by atomic mass is 79.9. The molecule has 0 aliphatic rings. The first-order chi connectivity index (χ1) is 9.34. The van der Waals surface area contributed by atoms with Crippen LogP contribution in [0.15, 0.2) is 81.4 Å². The SMILES string of the molecule is Brc1ccccc1N=Nc1cccc2ccccc12. The maximum absolute atomic E-state index is 4.36. The number of benzene rings is 3. The molecule has 0 atom stereocenters. The second-order valence-corrected chi connectivity index (χ2v) is 5.00. The molecule has 3 heteroatoms. The Labute approximate surface area is 119 Å². The molecule has 0 saturated carbocycles. The summed E-state index contributed by atoms with van der Waals surface area (Å²) >= 11 is 3.47. The Hall–Kier alpha value is -2.00. The van der Waals surface area contributed by atoms with E-state index in [9.17, 15) is 0 Å². The van der Waals surface area contributed by atoms with Gasteiger partial charge < -0.3 is 0 Å². The Morgan fingerprint density at radius 2 is 1.26 bits per heavy atom. The van der Waals surface area contributed by atoms with E-state index in [1.807, 2.05) is 48.5 Å². The van der Waals surface area contributed by atoms with E-state index in [0.29, 0.717) is 0 Å². The average Bonchev–Trinajstić information content (AvgIpc) is 2.46. The van der Waals surface area contributed by atoms with Crippen molar-refractivity contribution in [2.45, 2.75) is 0 Å². The highest BCUT2D eigenvalue weighted by Gasteiger charge is 1.99. The third kappa shape index (κ3) is 2.56. The lowest BCUT2D eigenvalue weighted by atomic mass is 10.1. The van der Waals surface area contributed by atoms with E-state index >= 15 is 0 Å². The van der Waals surface area contributed by atoms with Crippen molar-refractivity contribution in [1.29, 1.82) is 0 Å². The molecule has 0 fully saturated rings. The third-order valence-electron chi connectivity index (χ3n) is 2.88. The molecule has 0 radical (unpaired) electrons. The summed E-state index contributed by atoms with van der Waals surface area (Å²) in [5, 5.41) is 10.9. The summed E-state index contributed by atoms with van der Waals surface area (Å²) < 4.78 is 0.944. The molecule has 0 amide bonds. The summed E-state index contributed by atoms with van der Waals surface area (Å²) in [7, 11) is 0. The number of rotatable bonds is 2. The zero-order valence-corrected chi connectivity index (χ0v) is 11.7. The highest BCUT2D eigenvalue weighted by Crippen LogP contribution is 2.30. The predicted octanol–water partition coefficient (Wildman–Crippen LogP) is 6.02. The van der Waals surface area contributed by atoms with Crippen LogP contribution in [0.4, 0.5) is 11.4 Å². The molecule has 0 aliphatic carbocycles. The van der Waals surface area contributed by atoms with E-state index in [4.69, 9.17) is 0 Å². The molecule has 0 N–H and O–H groups in total. The smallest absolute Gasteiger partial charge is 0.0998 e. The molecule has 0 spiro atoms. The van der Waals surface area contributed by atoms with Crippen molar-refractivity contribution in [2.75, 3.05) is 0 Å². The van der Waals surface area contributed by atoms with Gasteiger partial charge in [0.25, 0.3) is 0 Å². The number of nitrogens with zero attached hydrogens (tertiary/aromatic N) is 2. The standard InChI is InChI=1S/C16H11BrN2/c17-14-9-3-4-10-16(14)19-18-15-11-5-7-12-6-1-2-8-13(12)15/h1-11H. The highest BCUT2D eigenvalue weighted by molar-refractivity contribution is 9.10. The minimum absolute atomic E-state index is 0.829. The fourth-order valence-corrected chi connectivity index (χ4v) is 2.30. The Kier molecular flexibility index (Phi) is 3.38. The molecule has 3 rings (SSSR count). The summed E-state index contributed by atoms with van der Waals surface area (Å²) in [5.41, 5.74) is 1.71. The lowest BCUT2D eigenvalue weighted by molar-refractivity contribution is 1.23. The zero-order chi connectivity index (χ0) is 13.1. The average molecular weight is 311 g/mol. The molecule has 92 valence electrons. The van der Waals surface area contributed by atoms with Crippen molar-refractivity contribution in [2.24, 2.45) is 10.2 Å². The van der Waals surface area contributed by atoms with Gasteiger partial charge in [-0.1, -0.05) is 48.5 Å². The Morgan fingerprint density at radius 1 is 0.632 bits per heavy atom. The van der Waals surface area contributed by atoms with Crippen LogP contribution in [0.1, 0.15) is 0 Å². The van der Waals surface area contributed by atoms with Gasteiger partial charge in [-0.15, -0.1) is 10.2 Å². The molecule has 0 aliphatic heterocycles. The Bertz CT molecular complexity index is 745. The second-order valence-electron chi connectivity index (χ2n) is 4.15. The minimum atomic E-state index is 0.829.